The molecular formula is C14H18N2. The number of aromatic nitrogens is 1. The Balaban J connectivity index is 1.80. The van der Waals surface area contributed by atoms with E-state index in [0.717, 1.165) is 11.8 Å². The van der Waals surface area contributed by atoms with Crippen LogP contribution in [0.5, 0.6) is 0 Å². The SMILES string of the molecule is CN(C)CC1CC1c1ccc2cc[nH]c2c1. The summed E-state index contributed by atoms with van der Waals surface area (Å²) in [5.74, 6) is 1.65. The van der Waals surface area contributed by atoms with Crippen LogP contribution in [0, 0.1) is 5.92 Å². The summed E-state index contributed by atoms with van der Waals surface area (Å²) < 4.78 is 0. The van der Waals surface area contributed by atoms with Gasteiger partial charge in [-0.3, -0.25) is 0 Å². The quantitative estimate of drug-likeness (QED) is 0.832. The van der Waals surface area contributed by atoms with Gasteiger partial charge in [0, 0.05) is 18.3 Å². The summed E-state index contributed by atoms with van der Waals surface area (Å²) >= 11 is 0. The molecule has 16 heavy (non-hydrogen) atoms. The van der Waals surface area contributed by atoms with E-state index >= 15 is 0 Å². The minimum absolute atomic E-state index is 0.787. The molecular weight excluding hydrogens is 196 g/mol. The van der Waals surface area contributed by atoms with Crippen LogP contribution in [0.1, 0.15) is 17.9 Å². The summed E-state index contributed by atoms with van der Waals surface area (Å²) in [6.45, 7) is 1.22. The molecule has 0 saturated heterocycles. The van der Waals surface area contributed by atoms with Gasteiger partial charge in [0.25, 0.3) is 0 Å². The number of rotatable bonds is 3. The number of H-pyrrole nitrogens is 1. The molecule has 2 heteroatoms. The largest absolute Gasteiger partial charge is 0.361 e. The van der Waals surface area contributed by atoms with Gasteiger partial charge in [-0.25, -0.2) is 0 Å². The summed E-state index contributed by atoms with van der Waals surface area (Å²) in [5, 5.41) is 1.31. The molecule has 1 N–H and O–H groups in total. The van der Waals surface area contributed by atoms with Crippen molar-refractivity contribution >= 4 is 10.9 Å². The van der Waals surface area contributed by atoms with Gasteiger partial charge in [0.1, 0.15) is 0 Å². The van der Waals surface area contributed by atoms with Crippen LogP contribution in [-0.2, 0) is 0 Å². The van der Waals surface area contributed by atoms with Gasteiger partial charge in [0.2, 0.25) is 0 Å². The summed E-state index contributed by atoms with van der Waals surface area (Å²) in [4.78, 5) is 5.58. The number of nitrogens with zero attached hydrogens (tertiary/aromatic N) is 1. The molecule has 1 aliphatic rings. The number of hydrogen-bond donors (Lipinski definition) is 1. The van der Waals surface area contributed by atoms with Gasteiger partial charge in [-0.2, -0.15) is 0 Å². The highest BCUT2D eigenvalue weighted by Crippen LogP contribution is 2.47. The molecule has 2 nitrogen and oxygen atoms in total. The number of aromatic amines is 1. The van der Waals surface area contributed by atoms with E-state index in [-0.39, 0.29) is 0 Å². The Hall–Kier alpha value is -1.28. The lowest BCUT2D eigenvalue weighted by Gasteiger charge is -2.08. The highest BCUT2D eigenvalue weighted by Gasteiger charge is 2.38. The first-order valence-electron chi connectivity index (χ1n) is 5.96. The third-order valence-electron chi connectivity index (χ3n) is 3.53. The zero-order valence-electron chi connectivity index (χ0n) is 9.90. The van der Waals surface area contributed by atoms with E-state index in [2.05, 4.69) is 48.2 Å². The molecule has 0 amide bonds. The topological polar surface area (TPSA) is 19.0 Å². The molecule has 1 aromatic heterocycles. The maximum atomic E-state index is 3.29. The molecule has 3 rings (SSSR count). The first-order valence-corrected chi connectivity index (χ1v) is 5.96. The molecule has 1 aliphatic carbocycles. The van der Waals surface area contributed by atoms with Gasteiger partial charge >= 0.3 is 0 Å². The Labute approximate surface area is 96.3 Å². The second-order valence-electron chi connectivity index (χ2n) is 5.19. The van der Waals surface area contributed by atoms with Crippen LogP contribution in [0.2, 0.25) is 0 Å². The van der Waals surface area contributed by atoms with E-state index in [1.807, 2.05) is 6.20 Å². The molecule has 1 aromatic carbocycles. The van der Waals surface area contributed by atoms with Crippen molar-refractivity contribution < 1.29 is 0 Å². The number of hydrogen-bond acceptors (Lipinski definition) is 1. The summed E-state index contributed by atoms with van der Waals surface area (Å²) in [7, 11) is 4.31. The van der Waals surface area contributed by atoms with Crippen LogP contribution in [-0.4, -0.2) is 30.5 Å². The van der Waals surface area contributed by atoms with E-state index in [1.54, 1.807) is 0 Å². The van der Waals surface area contributed by atoms with Crippen LogP contribution in [0.4, 0.5) is 0 Å². The number of benzene rings is 1. The van der Waals surface area contributed by atoms with E-state index < -0.39 is 0 Å². The van der Waals surface area contributed by atoms with E-state index in [0.29, 0.717) is 0 Å². The molecule has 0 spiro atoms. The van der Waals surface area contributed by atoms with Crippen molar-refractivity contribution in [2.45, 2.75) is 12.3 Å². The van der Waals surface area contributed by atoms with E-state index in [9.17, 15) is 0 Å². The van der Waals surface area contributed by atoms with E-state index in [4.69, 9.17) is 0 Å². The Kier molecular flexibility index (Phi) is 2.25. The highest BCUT2D eigenvalue weighted by atomic mass is 15.1. The van der Waals surface area contributed by atoms with Gasteiger partial charge in [0.15, 0.2) is 0 Å². The molecule has 2 atom stereocenters. The fraction of sp³-hybridized carbons (Fsp3) is 0.429. The Morgan fingerprint density at radius 1 is 1.31 bits per heavy atom. The Bertz CT molecular complexity index is 498. The first kappa shape index (κ1) is 9.91. The summed E-state index contributed by atoms with van der Waals surface area (Å²) in [5.41, 5.74) is 2.77. The van der Waals surface area contributed by atoms with Gasteiger partial charge in [-0.15, -0.1) is 0 Å². The lowest BCUT2D eigenvalue weighted by molar-refractivity contribution is 0.385. The van der Waals surface area contributed by atoms with Crippen LogP contribution >= 0.6 is 0 Å². The minimum atomic E-state index is 0.787. The van der Waals surface area contributed by atoms with Gasteiger partial charge in [-0.1, -0.05) is 12.1 Å². The fourth-order valence-corrected chi connectivity index (χ4v) is 2.62. The summed E-state index contributed by atoms with van der Waals surface area (Å²) in [6.07, 6.45) is 3.36. The maximum Gasteiger partial charge on any atom is 0.0456 e. The van der Waals surface area contributed by atoms with E-state index in [1.165, 1.54) is 29.4 Å². The molecule has 1 saturated carbocycles. The average molecular weight is 214 g/mol. The molecule has 1 heterocycles. The first-order chi connectivity index (χ1) is 7.74. The fourth-order valence-electron chi connectivity index (χ4n) is 2.62. The van der Waals surface area contributed by atoms with Crippen molar-refractivity contribution in [2.75, 3.05) is 20.6 Å². The zero-order chi connectivity index (χ0) is 11.1. The van der Waals surface area contributed by atoms with Gasteiger partial charge < -0.3 is 9.88 Å². The molecule has 1 fully saturated rings. The number of nitrogens with one attached hydrogen (secondary N) is 1. The zero-order valence-corrected chi connectivity index (χ0v) is 9.90. The number of fused-ring (bicyclic) bond motifs is 1. The minimum Gasteiger partial charge on any atom is -0.361 e. The lowest BCUT2D eigenvalue weighted by Crippen LogP contribution is -2.15. The van der Waals surface area contributed by atoms with Crippen LogP contribution in [0.15, 0.2) is 30.5 Å². The molecule has 2 unspecified atom stereocenters. The lowest BCUT2D eigenvalue weighted by atomic mass is 10.1. The van der Waals surface area contributed by atoms with Crippen LogP contribution in [0.25, 0.3) is 10.9 Å². The van der Waals surface area contributed by atoms with Crippen molar-refractivity contribution in [2.24, 2.45) is 5.92 Å². The van der Waals surface area contributed by atoms with Crippen molar-refractivity contribution in [3.8, 4) is 0 Å². The van der Waals surface area contributed by atoms with Crippen molar-refractivity contribution in [1.29, 1.82) is 0 Å². The maximum absolute atomic E-state index is 3.29. The van der Waals surface area contributed by atoms with Gasteiger partial charge in [0.05, 0.1) is 0 Å². The molecule has 0 radical (unpaired) electrons. The summed E-state index contributed by atoms with van der Waals surface area (Å²) in [6, 6.07) is 8.96. The highest BCUT2D eigenvalue weighted by molar-refractivity contribution is 5.80. The second kappa shape index (κ2) is 3.63. The third kappa shape index (κ3) is 1.74. The van der Waals surface area contributed by atoms with Crippen molar-refractivity contribution in [1.82, 2.24) is 9.88 Å². The standard InChI is InChI=1S/C14H18N2/c1-16(2)9-12-7-13(12)11-4-3-10-5-6-15-14(10)8-11/h3-6,8,12-13,15H,7,9H2,1-2H3. The molecule has 0 bridgehead atoms. The van der Waals surface area contributed by atoms with Crippen molar-refractivity contribution in [3.05, 3.63) is 36.0 Å². The third-order valence-corrected chi connectivity index (χ3v) is 3.53. The molecule has 84 valence electrons. The molecule has 0 aliphatic heterocycles. The second-order valence-corrected chi connectivity index (χ2v) is 5.19. The van der Waals surface area contributed by atoms with Crippen molar-refractivity contribution in [3.63, 3.8) is 0 Å². The predicted octanol–water partition coefficient (Wildman–Crippen LogP) is 2.83. The smallest absolute Gasteiger partial charge is 0.0456 e. The predicted molar refractivity (Wildman–Crippen MR) is 67.7 cm³/mol. The normalized spacial score (nSPS) is 24.2. The Morgan fingerprint density at radius 3 is 3.00 bits per heavy atom. The van der Waals surface area contributed by atoms with Gasteiger partial charge in [-0.05, 0) is 55.4 Å². The van der Waals surface area contributed by atoms with Crippen LogP contribution in [0.3, 0.4) is 0 Å². The van der Waals surface area contributed by atoms with Crippen LogP contribution < -0.4 is 0 Å². The molecule has 2 aromatic rings. The monoisotopic (exact) mass is 214 g/mol. The Morgan fingerprint density at radius 2 is 2.19 bits per heavy atom. The average Bonchev–Trinajstić information content (AvgIpc) is 2.84.